The lowest BCUT2D eigenvalue weighted by Crippen LogP contribution is -2.44. The molecule has 3 heteroatoms. The van der Waals surface area contributed by atoms with Gasteiger partial charge in [0.1, 0.15) is 0 Å². The molecule has 2 saturated carbocycles. The van der Waals surface area contributed by atoms with Gasteiger partial charge in [-0.2, -0.15) is 0 Å². The van der Waals surface area contributed by atoms with Crippen molar-refractivity contribution in [1.29, 1.82) is 0 Å². The number of fused-ring (bicyclic) bond motifs is 1. The van der Waals surface area contributed by atoms with Crippen LogP contribution in [0.3, 0.4) is 0 Å². The van der Waals surface area contributed by atoms with Crippen LogP contribution >= 0.6 is 27.3 Å². The summed E-state index contributed by atoms with van der Waals surface area (Å²) in [5.74, 6) is 2.09. The van der Waals surface area contributed by atoms with E-state index in [4.69, 9.17) is 0 Å². The van der Waals surface area contributed by atoms with E-state index in [2.05, 4.69) is 54.2 Å². The summed E-state index contributed by atoms with van der Waals surface area (Å²) in [6, 6.07) is 4.50. The lowest BCUT2D eigenvalue weighted by molar-refractivity contribution is 0.223. The quantitative estimate of drug-likeness (QED) is 0.824. The van der Waals surface area contributed by atoms with Crippen molar-refractivity contribution in [2.75, 3.05) is 6.54 Å². The summed E-state index contributed by atoms with van der Waals surface area (Å²) in [7, 11) is 0. The number of rotatable bonds is 4. The van der Waals surface area contributed by atoms with Gasteiger partial charge in [0.25, 0.3) is 0 Å². The first-order chi connectivity index (χ1) is 8.85. The van der Waals surface area contributed by atoms with Crippen LogP contribution < -0.4 is 5.32 Å². The predicted octanol–water partition coefficient (Wildman–Crippen LogP) is 4.86. The van der Waals surface area contributed by atoms with E-state index in [1.807, 2.05) is 11.3 Å². The fourth-order valence-electron chi connectivity index (χ4n) is 3.63. The summed E-state index contributed by atoms with van der Waals surface area (Å²) in [6.45, 7) is 8.01. The van der Waals surface area contributed by atoms with Crippen LogP contribution in [0.15, 0.2) is 15.9 Å². The molecule has 0 saturated heterocycles. The molecule has 1 N–H and O–H groups in total. The van der Waals surface area contributed by atoms with Crippen LogP contribution in [-0.2, 0) is 6.42 Å². The third kappa shape index (κ3) is 3.43. The molecule has 2 unspecified atom stereocenters. The molecule has 0 bridgehead atoms. The molecule has 106 valence electrons. The van der Waals surface area contributed by atoms with Gasteiger partial charge in [-0.25, -0.2) is 0 Å². The van der Waals surface area contributed by atoms with E-state index >= 15 is 0 Å². The van der Waals surface area contributed by atoms with Crippen LogP contribution in [0.25, 0.3) is 0 Å². The van der Waals surface area contributed by atoms with Crippen molar-refractivity contribution in [3.05, 3.63) is 20.8 Å². The van der Waals surface area contributed by atoms with Crippen LogP contribution in [-0.4, -0.2) is 12.1 Å². The van der Waals surface area contributed by atoms with Crippen LogP contribution in [0, 0.1) is 17.3 Å². The van der Waals surface area contributed by atoms with Crippen LogP contribution in [0.5, 0.6) is 0 Å². The molecular formula is C16H24BrNS. The van der Waals surface area contributed by atoms with Gasteiger partial charge in [0.15, 0.2) is 0 Å². The number of thiophene rings is 1. The molecule has 1 aromatic rings. The van der Waals surface area contributed by atoms with Gasteiger partial charge in [-0.3, -0.25) is 0 Å². The molecule has 0 amide bonds. The van der Waals surface area contributed by atoms with Crippen molar-refractivity contribution in [3.8, 4) is 0 Å². The molecule has 1 aromatic heterocycles. The first-order valence-electron chi connectivity index (χ1n) is 7.35. The van der Waals surface area contributed by atoms with Crippen LogP contribution in [0.2, 0.25) is 0 Å². The average Bonchev–Trinajstić information content (AvgIpc) is 2.71. The Labute approximate surface area is 129 Å². The second kappa shape index (κ2) is 4.85. The maximum absolute atomic E-state index is 3.77. The standard InChI is InChI=1S/C16H24BrNS/c1-15(2,3)18-10-16(7-11-6-12(11)8-16)9-13-4-5-14(17)19-13/h4-5,11-12,18H,6-10H2,1-3H3. The Morgan fingerprint density at radius 3 is 2.53 bits per heavy atom. The number of hydrogen-bond donors (Lipinski definition) is 1. The van der Waals surface area contributed by atoms with Crippen molar-refractivity contribution in [2.45, 2.75) is 52.0 Å². The summed E-state index contributed by atoms with van der Waals surface area (Å²) in [6.07, 6.45) is 5.65. The Hall–Kier alpha value is 0.140. The molecule has 1 nitrogen and oxygen atoms in total. The smallest absolute Gasteiger partial charge is 0.0701 e. The molecule has 2 fully saturated rings. The molecule has 2 aliphatic rings. The van der Waals surface area contributed by atoms with Gasteiger partial charge in [-0.1, -0.05) is 0 Å². The molecule has 0 spiro atoms. The van der Waals surface area contributed by atoms with Crippen LogP contribution in [0.1, 0.15) is 44.9 Å². The van der Waals surface area contributed by atoms with Crippen molar-refractivity contribution in [3.63, 3.8) is 0 Å². The van der Waals surface area contributed by atoms with E-state index in [9.17, 15) is 0 Å². The van der Waals surface area contributed by atoms with E-state index in [1.54, 1.807) is 4.88 Å². The van der Waals surface area contributed by atoms with Crippen molar-refractivity contribution < 1.29 is 0 Å². The Balaban J connectivity index is 1.70. The van der Waals surface area contributed by atoms with Gasteiger partial charge in [-0.05, 0) is 91.8 Å². The Morgan fingerprint density at radius 1 is 1.32 bits per heavy atom. The summed E-state index contributed by atoms with van der Waals surface area (Å²) in [5, 5.41) is 3.77. The lowest BCUT2D eigenvalue weighted by atomic mass is 9.78. The molecular weight excluding hydrogens is 318 g/mol. The fraction of sp³-hybridized carbons (Fsp3) is 0.750. The van der Waals surface area contributed by atoms with Gasteiger partial charge < -0.3 is 5.32 Å². The Kier molecular flexibility index (Phi) is 3.60. The average molecular weight is 342 g/mol. The summed E-state index contributed by atoms with van der Waals surface area (Å²) < 4.78 is 1.27. The van der Waals surface area contributed by atoms with Gasteiger partial charge in [0, 0.05) is 17.0 Å². The van der Waals surface area contributed by atoms with E-state index in [1.165, 1.54) is 36.0 Å². The highest BCUT2D eigenvalue weighted by molar-refractivity contribution is 9.11. The number of nitrogens with one attached hydrogen (secondary N) is 1. The molecule has 2 atom stereocenters. The van der Waals surface area contributed by atoms with Gasteiger partial charge in [-0.15, -0.1) is 11.3 Å². The molecule has 19 heavy (non-hydrogen) atoms. The molecule has 0 aromatic carbocycles. The molecule has 1 heterocycles. The topological polar surface area (TPSA) is 12.0 Å². The fourth-order valence-corrected chi connectivity index (χ4v) is 5.28. The van der Waals surface area contributed by atoms with Gasteiger partial charge in [0.2, 0.25) is 0 Å². The largest absolute Gasteiger partial charge is 0.312 e. The Morgan fingerprint density at radius 2 is 2.00 bits per heavy atom. The number of halogens is 1. The van der Waals surface area contributed by atoms with Gasteiger partial charge >= 0.3 is 0 Å². The minimum Gasteiger partial charge on any atom is -0.312 e. The number of hydrogen-bond acceptors (Lipinski definition) is 2. The highest BCUT2D eigenvalue weighted by Gasteiger charge is 2.53. The second-order valence-electron chi connectivity index (χ2n) is 7.65. The predicted molar refractivity (Wildman–Crippen MR) is 86.7 cm³/mol. The van der Waals surface area contributed by atoms with E-state index in [0.717, 1.165) is 11.8 Å². The zero-order chi connectivity index (χ0) is 13.7. The molecule has 2 aliphatic carbocycles. The second-order valence-corrected chi connectivity index (χ2v) is 10.2. The Bertz CT molecular complexity index is 450. The van der Waals surface area contributed by atoms with Crippen molar-refractivity contribution in [2.24, 2.45) is 17.3 Å². The maximum Gasteiger partial charge on any atom is 0.0701 e. The molecule has 0 radical (unpaired) electrons. The highest BCUT2D eigenvalue weighted by atomic mass is 79.9. The summed E-state index contributed by atoms with van der Waals surface area (Å²) in [4.78, 5) is 1.55. The highest BCUT2D eigenvalue weighted by Crippen LogP contribution is 2.61. The third-order valence-electron chi connectivity index (χ3n) is 4.63. The zero-order valence-electron chi connectivity index (χ0n) is 12.1. The lowest BCUT2D eigenvalue weighted by Gasteiger charge is -2.34. The minimum absolute atomic E-state index is 0.232. The van der Waals surface area contributed by atoms with E-state index in [-0.39, 0.29) is 5.54 Å². The minimum atomic E-state index is 0.232. The zero-order valence-corrected chi connectivity index (χ0v) is 14.5. The summed E-state index contributed by atoms with van der Waals surface area (Å²) in [5.41, 5.74) is 0.751. The SMILES string of the molecule is CC(C)(C)NCC1(Cc2ccc(Br)s2)CC2CC2C1. The monoisotopic (exact) mass is 341 g/mol. The molecule has 3 rings (SSSR count). The third-order valence-corrected chi connectivity index (χ3v) is 6.25. The molecule has 0 aliphatic heterocycles. The normalized spacial score (nSPS) is 33.5. The first kappa shape index (κ1) is 14.1. The van der Waals surface area contributed by atoms with Crippen LogP contribution in [0.4, 0.5) is 0 Å². The van der Waals surface area contributed by atoms with Crippen molar-refractivity contribution >= 4 is 27.3 Å². The summed E-state index contributed by atoms with van der Waals surface area (Å²) >= 11 is 5.50. The van der Waals surface area contributed by atoms with Crippen molar-refractivity contribution in [1.82, 2.24) is 5.32 Å². The van der Waals surface area contributed by atoms with E-state index in [0.29, 0.717) is 5.41 Å². The van der Waals surface area contributed by atoms with Gasteiger partial charge in [0.05, 0.1) is 3.79 Å². The van der Waals surface area contributed by atoms with E-state index < -0.39 is 0 Å². The maximum atomic E-state index is 3.77. The first-order valence-corrected chi connectivity index (χ1v) is 8.96.